The van der Waals surface area contributed by atoms with Crippen molar-refractivity contribution >= 4 is 11.9 Å². The molecular formula is C18H28O3. The summed E-state index contributed by atoms with van der Waals surface area (Å²) in [5.74, 6) is -0.833. The number of hydrogen-bond acceptors (Lipinski definition) is 3. The number of cyclic esters (lactones) is 2. The Kier molecular flexibility index (Phi) is 6.01. The van der Waals surface area contributed by atoms with Crippen molar-refractivity contribution < 1.29 is 14.3 Å². The molecule has 0 N–H and O–H groups in total. The lowest BCUT2D eigenvalue weighted by Crippen LogP contribution is -2.34. The lowest BCUT2D eigenvalue weighted by Gasteiger charge is -2.29. The Morgan fingerprint density at radius 2 is 1.76 bits per heavy atom. The molecule has 1 saturated heterocycles. The molecule has 1 aliphatic heterocycles. The maximum absolute atomic E-state index is 12.1. The molecule has 3 nitrogen and oxygen atoms in total. The van der Waals surface area contributed by atoms with Crippen molar-refractivity contribution in [3.05, 3.63) is 12.2 Å². The number of unbranched alkanes of at least 4 members (excludes halogenated alkanes) is 7. The molecule has 1 fully saturated rings. The first-order valence-electron chi connectivity index (χ1n) is 8.64. The van der Waals surface area contributed by atoms with Gasteiger partial charge in [-0.3, -0.25) is 9.59 Å². The number of fused-ring (bicyclic) bond motifs is 1. The van der Waals surface area contributed by atoms with Crippen molar-refractivity contribution in [2.75, 3.05) is 0 Å². The van der Waals surface area contributed by atoms with Gasteiger partial charge < -0.3 is 4.74 Å². The van der Waals surface area contributed by atoms with Gasteiger partial charge in [0.2, 0.25) is 0 Å². The van der Waals surface area contributed by atoms with Crippen LogP contribution in [-0.4, -0.2) is 11.9 Å². The first-order chi connectivity index (χ1) is 10.2. The molecule has 118 valence electrons. The van der Waals surface area contributed by atoms with Crippen LogP contribution in [0, 0.1) is 11.3 Å². The van der Waals surface area contributed by atoms with E-state index in [1.807, 2.05) is 12.2 Å². The largest absolute Gasteiger partial charge is 0.392 e. The highest BCUT2D eigenvalue weighted by Crippen LogP contribution is 2.47. The minimum absolute atomic E-state index is 0.223. The summed E-state index contributed by atoms with van der Waals surface area (Å²) in [6.07, 6.45) is 16.4. The molecule has 1 heterocycles. The molecule has 0 saturated carbocycles. The molecule has 0 aromatic heterocycles. The number of esters is 2. The summed E-state index contributed by atoms with van der Waals surface area (Å²) in [6, 6.07) is 0. The van der Waals surface area contributed by atoms with Crippen LogP contribution in [0.15, 0.2) is 12.2 Å². The van der Waals surface area contributed by atoms with E-state index in [-0.39, 0.29) is 17.9 Å². The Balaban J connectivity index is 1.73. The third-order valence-electron chi connectivity index (χ3n) is 4.96. The number of hydrogen-bond donors (Lipinski definition) is 0. The predicted octanol–water partition coefficient (Wildman–Crippen LogP) is 4.55. The third-order valence-corrected chi connectivity index (χ3v) is 4.96. The van der Waals surface area contributed by atoms with Crippen LogP contribution in [0.3, 0.4) is 0 Å². The summed E-state index contributed by atoms with van der Waals surface area (Å²) in [4.78, 5) is 23.9. The molecule has 0 bridgehead atoms. The summed E-state index contributed by atoms with van der Waals surface area (Å²) < 4.78 is 4.90. The van der Waals surface area contributed by atoms with Crippen LogP contribution in [0.25, 0.3) is 0 Å². The smallest absolute Gasteiger partial charge is 0.324 e. The normalized spacial score (nSPS) is 27.8. The van der Waals surface area contributed by atoms with Gasteiger partial charge in [-0.25, -0.2) is 0 Å². The van der Waals surface area contributed by atoms with Gasteiger partial charge in [0.25, 0.3) is 0 Å². The molecule has 2 rings (SSSR count). The summed E-state index contributed by atoms with van der Waals surface area (Å²) in [7, 11) is 0. The number of ether oxygens (including phenoxy) is 1. The minimum Gasteiger partial charge on any atom is -0.392 e. The van der Waals surface area contributed by atoms with E-state index >= 15 is 0 Å². The lowest BCUT2D eigenvalue weighted by molar-refractivity contribution is -0.154. The second kappa shape index (κ2) is 7.77. The maximum atomic E-state index is 12.1. The van der Waals surface area contributed by atoms with E-state index in [1.165, 1.54) is 38.5 Å². The standard InChI is InChI=1S/C18H28O3/c1-2-3-4-5-6-7-8-10-13-18-14-11-9-12-15(18)16(19)21-17(18)20/h11,14-15H,2-10,12-13H2,1H3. The fraction of sp³-hybridized carbons (Fsp3) is 0.778. The average molecular weight is 292 g/mol. The zero-order valence-corrected chi connectivity index (χ0v) is 13.2. The Morgan fingerprint density at radius 1 is 1.10 bits per heavy atom. The molecule has 2 unspecified atom stereocenters. The van der Waals surface area contributed by atoms with Crippen LogP contribution in [-0.2, 0) is 14.3 Å². The zero-order chi connectivity index (χ0) is 15.1. The maximum Gasteiger partial charge on any atom is 0.324 e. The van der Waals surface area contributed by atoms with Crippen LogP contribution < -0.4 is 0 Å². The van der Waals surface area contributed by atoms with Gasteiger partial charge in [-0.05, 0) is 19.3 Å². The van der Waals surface area contributed by atoms with E-state index in [0.29, 0.717) is 0 Å². The van der Waals surface area contributed by atoms with Gasteiger partial charge in [-0.2, -0.15) is 0 Å². The predicted molar refractivity (Wildman–Crippen MR) is 82.6 cm³/mol. The average Bonchev–Trinajstić information content (AvgIpc) is 2.74. The molecule has 3 heteroatoms. The Hall–Kier alpha value is -1.12. The molecule has 0 radical (unpaired) electrons. The van der Waals surface area contributed by atoms with Gasteiger partial charge in [-0.1, -0.05) is 70.4 Å². The van der Waals surface area contributed by atoms with Crippen molar-refractivity contribution in [3.63, 3.8) is 0 Å². The Bertz CT molecular complexity index is 399. The van der Waals surface area contributed by atoms with Crippen molar-refractivity contribution in [2.24, 2.45) is 11.3 Å². The van der Waals surface area contributed by atoms with Gasteiger partial charge >= 0.3 is 11.9 Å². The molecule has 21 heavy (non-hydrogen) atoms. The van der Waals surface area contributed by atoms with Crippen molar-refractivity contribution in [1.82, 2.24) is 0 Å². The fourth-order valence-electron chi connectivity index (χ4n) is 3.64. The molecule has 1 aliphatic carbocycles. The zero-order valence-electron chi connectivity index (χ0n) is 13.2. The fourth-order valence-corrected chi connectivity index (χ4v) is 3.64. The molecule has 0 aromatic carbocycles. The Morgan fingerprint density at radius 3 is 2.48 bits per heavy atom. The number of rotatable bonds is 9. The van der Waals surface area contributed by atoms with Gasteiger partial charge in [0.15, 0.2) is 0 Å². The van der Waals surface area contributed by atoms with E-state index < -0.39 is 5.41 Å². The van der Waals surface area contributed by atoms with E-state index in [9.17, 15) is 9.59 Å². The molecule has 0 spiro atoms. The Labute approximate surface area is 128 Å². The quantitative estimate of drug-likeness (QED) is 0.271. The van der Waals surface area contributed by atoms with Crippen LogP contribution in [0.4, 0.5) is 0 Å². The summed E-state index contributed by atoms with van der Waals surface area (Å²) in [6.45, 7) is 2.23. The monoisotopic (exact) mass is 292 g/mol. The molecule has 2 aliphatic rings. The van der Waals surface area contributed by atoms with Crippen LogP contribution in [0.5, 0.6) is 0 Å². The summed E-state index contributed by atoms with van der Waals surface area (Å²) >= 11 is 0. The first kappa shape index (κ1) is 16.3. The van der Waals surface area contributed by atoms with Gasteiger partial charge in [0.05, 0.1) is 11.3 Å². The van der Waals surface area contributed by atoms with Crippen molar-refractivity contribution in [2.45, 2.75) is 77.6 Å². The van der Waals surface area contributed by atoms with E-state index in [1.54, 1.807) is 0 Å². The molecular weight excluding hydrogens is 264 g/mol. The van der Waals surface area contributed by atoms with Crippen LogP contribution in [0.2, 0.25) is 0 Å². The summed E-state index contributed by atoms with van der Waals surface area (Å²) in [5.41, 5.74) is -0.627. The van der Waals surface area contributed by atoms with Crippen molar-refractivity contribution in [3.8, 4) is 0 Å². The lowest BCUT2D eigenvalue weighted by atomic mass is 9.69. The minimum atomic E-state index is -0.627. The first-order valence-corrected chi connectivity index (χ1v) is 8.64. The van der Waals surface area contributed by atoms with Gasteiger partial charge in [0.1, 0.15) is 0 Å². The topological polar surface area (TPSA) is 43.4 Å². The molecule has 0 amide bonds. The summed E-state index contributed by atoms with van der Waals surface area (Å²) in [5, 5.41) is 0. The number of carbonyl (C=O) groups is 2. The number of carbonyl (C=O) groups excluding carboxylic acids is 2. The van der Waals surface area contributed by atoms with Gasteiger partial charge in [-0.15, -0.1) is 0 Å². The highest BCUT2D eigenvalue weighted by Gasteiger charge is 2.55. The van der Waals surface area contributed by atoms with Crippen molar-refractivity contribution in [1.29, 1.82) is 0 Å². The van der Waals surface area contributed by atoms with E-state index in [4.69, 9.17) is 4.74 Å². The van der Waals surface area contributed by atoms with Crippen LogP contribution in [0.1, 0.15) is 77.6 Å². The number of allylic oxidation sites excluding steroid dienone is 1. The SMILES string of the molecule is CCCCCCCCCCC12C=CCCC1C(=O)OC2=O. The van der Waals surface area contributed by atoms with E-state index in [2.05, 4.69) is 6.92 Å². The third kappa shape index (κ3) is 3.75. The highest BCUT2D eigenvalue weighted by atomic mass is 16.6. The van der Waals surface area contributed by atoms with Gasteiger partial charge in [0, 0.05) is 0 Å². The second-order valence-electron chi connectivity index (χ2n) is 6.51. The molecule has 2 atom stereocenters. The van der Waals surface area contributed by atoms with E-state index in [0.717, 1.165) is 32.1 Å². The highest BCUT2D eigenvalue weighted by molar-refractivity contribution is 6.00. The molecule has 0 aromatic rings. The van der Waals surface area contributed by atoms with Crippen LogP contribution >= 0.6 is 0 Å². The second-order valence-corrected chi connectivity index (χ2v) is 6.51.